The van der Waals surface area contributed by atoms with Gasteiger partial charge in [-0.2, -0.15) is 0 Å². The van der Waals surface area contributed by atoms with Gasteiger partial charge in [0, 0.05) is 17.5 Å². The van der Waals surface area contributed by atoms with Gasteiger partial charge in [0.25, 0.3) is 5.89 Å². The van der Waals surface area contributed by atoms with Crippen molar-refractivity contribution in [2.45, 2.75) is 13.5 Å². The first-order valence-corrected chi connectivity index (χ1v) is 9.72. The summed E-state index contributed by atoms with van der Waals surface area (Å²) < 4.78 is 5.90. The summed E-state index contributed by atoms with van der Waals surface area (Å²) in [6, 6.07) is 26.0. The lowest BCUT2D eigenvalue weighted by molar-refractivity contribution is 0.579. The summed E-state index contributed by atoms with van der Waals surface area (Å²) in [4.78, 5) is 9.33. The van der Waals surface area contributed by atoms with Crippen LogP contribution < -0.4 is 5.32 Å². The Morgan fingerprint density at radius 1 is 0.800 bits per heavy atom. The molecule has 6 heteroatoms. The van der Waals surface area contributed by atoms with Crippen molar-refractivity contribution in [3.05, 3.63) is 90.0 Å². The molecule has 0 atom stereocenters. The van der Waals surface area contributed by atoms with Crippen LogP contribution in [-0.2, 0) is 6.54 Å². The summed E-state index contributed by atoms with van der Waals surface area (Å²) in [6.45, 7) is 2.68. The number of hydrogen-bond donors (Lipinski definition) is 1. The van der Waals surface area contributed by atoms with Crippen molar-refractivity contribution in [2.24, 2.45) is 0 Å². The molecule has 146 valence electrons. The summed E-state index contributed by atoms with van der Waals surface area (Å²) in [6.07, 6.45) is 0. The van der Waals surface area contributed by atoms with Crippen molar-refractivity contribution < 1.29 is 4.42 Å². The maximum atomic E-state index is 5.90. The number of benzene rings is 3. The number of para-hydroxylation sites is 1. The van der Waals surface area contributed by atoms with Crippen LogP contribution in [-0.4, -0.2) is 20.2 Å². The Labute approximate surface area is 173 Å². The Balaban J connectivity index is 1.52. The Morgan fingerprint density at radius 3 is 2.47 bits per heavy atom. The fourth-order valence-electron chi connectivity index (χ4n) is 3.30. The Morgan fingerprint density at radius 2 is 1.60 bits per heavy atom. The third kappa shape index (κ3) is 3.63. The monoisotopic (exact) mass is 393 g/mol. The minimum absolute atomic E-state index is 0.292. The standard InChI is InChI=1S/C24H19N5O/c1-16-8-7-11-18(14-16)23-28-29-24(30-23)22-26-20-13-6-5-12-19(20)21(27-22)25-15-17-9-3-2-4-10-17/h2-14H,15H2,1H3,(H,25,26,27). The molecular weight excluding hydrogens is 374 g/mol. The minimum Gasteiger partial charge on any atom is -0.413 e. The average molecular weight is 393 g/mol. The van der Waals surface area contributed by atoms with Crippen molar-refractivity contribution in [2.75, 3.05) is 5.32 Å². The molecule has 0 aliphatic heterocycles. The first-order chi connectivity index (χ1) is 14.8. The van der Waals surface area contributed by atoms with E-state index in [-0.39, 0.29) is 0 Å². The van der Waals surface area contributed by atoms with Gasteiger partial charge in [0.15, 0.2) is 0 Å². The number of aryl methyl sites for hydroxylation is 1. The smallest absolute Gasteiger partial charge is 0.286 e. The van der Waals surface area contributed by atoms with E-state index >= 15 is 0 Å². The molecule has 3 aromatic carbocycles. The third-order valence-corrected chi connectivity index (χ3v) is 4.79. The van der Waals surface area contributed by atoms with Crippen LogP contribution in [0.15, 0.2) is 83.3 Å². The van der Waals surface area contributed by atoms with E-state index in [0.29, 0.717) is 24.2 Å². The van der Waals surface area contributed by atoms with Crippen LogP contribution in [0, 0.1) is 6.92 Å². The maximum absolute atomic E-state index is 5.90. The van der Waals surface area contributed by atoms with E-state index in [1.165, 1.54) is 5.56 Å². The van der Waals surface area contributed by atoms with E-state index < -0.39 is 0 Å². The highest BCUT2D eigenvalue weighted by molar-refractivity contribution is 5.90. The molecule has 2 heterocycles. The number of hydrogen-bond acceptors (Lipinski definition) is 6. The van der Waals surface area contributed by atoms with E-state index in [0.717, 1.165) is 27.8 Å². The van der Waals surface area contributed by atoms with E-state index in [2.05, 4.69) is 32.6 Å². The molecule has 5 rings (SSSR count). The van der Waals surface area contributed by atoms with E-state index in [1.54, 1.807) is 0 Å². The molecule has 0 radical (unpaired) electrons. The molecule has 0 fully saturated rings. The van der Waals surface area contributed by atoms with Gasteiger partial charge in [0.1, 0.15) is 5.82 Å². The Kier molecular flexibility index (Phi) is 4.65. The Hall–Kier alpha value is -4.06. The summed E-state index contributed by atoms with van der Waals surface area (Å²) in [5, 5.41) is 12.7. The molecule has 6 nitrogen and oxygen atoms in total. The number of fused-ring (bicyclic) bond motifs is 1. The first kappa shape index (κ1) is 18.0. The van der Waals surface area contributed by atoms with Gasteiger partial charge in [-0.3, -0.25) is 0 Å². The van der Waals surface area contributed by atoms with Crippen LogP contribution in [0.1, 0.15) is 11.1 Å². The van der Waals surface area contributed by atoms with Crippen molar-refractivity contribution in [3.8, 4) is 23.2 Å². The van der Waals surface area contributed by atoms with Gasteiger partial charge in [0.2, 0.25) is 11.7 Å². The van der Waals surface area contributed by atoms with Gasteiger partial charge >= 0.3 is 0 Å². The lowest BCUT2D eigenvalue weighted by atomic mass is 10.1. The first-order valence-electron chi connectivity index (χ1n) is 9.72. The van der Waals surface area contributed by atoms with Gasteiger partial charge in [-0.05, 0) is 36.8 Å². The molecule has 30 heavy (non-hydrogen) atoms. The molecule has 5 aromatic rings. The molecule has 0 saturated heterocycles. The highest BCUT2D eigenvalue weighted by atomic mass is 16.4. The topological polar surface area (TPSA) is 76.7 Å². The highest BCUT2D eigenvalue weighted by Gasteiger charge is 2.16. The maximum Gasteiger partial charge on any atom is 0.286 e. The second-order valence-corrected chi connectivity index (χ2v) is 7.03. The normalized spacial score (nSPS) is 11.0. The van der Waals surface area contributed by atoms with Gasteiger partial charge in [-0.1, -0.05) is 60.2 Å². The van der Waals surface area contributed by atoms with Crippen LogP contribution >= 0.6 is 0 Å². The second-order valence-electron chi connectivity index (χ2n) is 7.03. The van der Waals surface area contributed by atoms with Crippen LogP contribution in [0.5, 0.6) is 0 Å². The quantitative estimate of drug-likeness (QED) is 0.438. The predicted octanol–water partition coefficient (Wildman–Crippen LogP) is 5.27. The van der Waals surface area contributed by atoms with Crippen LogP contribution in [0.4, 0.5) is 5.82 Å². The molecule has 0 unspecified atom stereocenters. The fraction of sp³-hybridized carbons (Fsp3) is 0.0833. The fourth-order valence-corrected chi connectivity index (χ4v) is 3.30. The summed E-state index contributed by atoms with van der Waals surface area (Å²) in [5.41, 5.74) is 3.98. The predicted molar refractivity (Wildman–Crippen MR) is 117 cm³/mol. The minimum atomic E-state index is 0.292. The molecule has 0 aliphatic rings. The molecule has 2 aromatic heterocycles. The molecule has 0 amide bonds. The van der Waals surface area contributed by atoms with Crippen molar-refractivity contribution in [3.63, 3.8) is 0 Å². The van der Waals surface area contributed by atoms with E-state index in [1.807, 2.05) is 73.7 Å². The lowest BCUT2D eigenvalue weighted by Gasteiger charge is -2.10. The van der Waals surface area contributed by atoms with Crippen LogP contribution in [0.3, 0.4) is 0 Å². The van der Waals surface area contributed by atoms with Crippen LogP contribution in [0.2, 0.25) is 0 Å². The largest absolute Gasteiger partial charge is 0.413 e. The number of anilines is 1. The number of rotatable bonds is 5. The number of nitrogens with one attached hydrogen (secondary N) is 1. The van der Waals surface area contributed by atoms with Gasteiger partial charge in [-0.15, -0.1) is 10.2 Å². The SMILES string of the molecule is Cc1cccc(-c2nnc(-c3nc(NCc4ccccc4)c4ccccc4n3)o2)c1. The van der Waals surface area contributed by atoms with Gasteiger partial charge < -0.3 is 9.73 Å². The van der Waals surface area contributed by atoms with Crippen molar-refractivity contribution in [1.82, 2.24) is 20.2 Å². The van der Waals surface area contributed by atoms with E-state index in [4.69, 9.17) is 9.40 Å². The second kappa shape index (κ2) is 7.75. The van der Waals surface area contributed by atoms with Crippen molar-refractivity contribution in [1.29, 1.82) is 0 Å². The number of nitrogens with zero attached hydrogens (tertiary/aromatic N) is 4. The van der Waals surface area contributed by atoms with Gasteiger partial charge in [0.05, 0.1) is 5.52 Å². The summed E-state index contributed by atoms with van der Waals surface area (Å²) in [7, 11) is 0. The molecular formula is C24H19N5O. The number of aromatic nitrogens is 4. The average Bonchev–Trinajstić information content (AvgIpc) is 3.28. The zero-order valence-electron chi connectivity index (χ0n) is 16.4. The van der Waals surface area contributed by atoms with Crippen molar-refractivity contribution >= 4 is 16.7 Å². The lowest BCUT2D eigenvalue weighted by Crippen LogP contribution is -2.04. The molecule has 0 bridgehead atoms. The molecule has 0 saturated carbocycles. The van der Waals surface area contributed by atoms with Gasteiger partial charge in [-0.25, -0.2) is 9.97 Å². The third-order valence-electron chi connectivity index (χ3n) is 4.79. The molecule has 0 spiro atoms. The highest BCUT2D eigenvalue weighted by Crippen LogP contribution is 2.27. The summed E-state index contributed by atoms with van der Waals surface area (Å²) in [5.74, 6) is 1.87. The Bertz CT molecular complexity index is 1310. The van der Waals surface area contributed by atoms with E-state index in [9.17, 15) is 0 Å². The summed E-state index contributed by atoms with van der Waals surface area (Å²) >= 11 is 0. The zero-order chi connectivity index (χ0) is 20.3. The zero-order valence-corrected chi connectivity index (χ0v) is 16.4. The molecule has 0 aliphatic carbocycles. The van der Waals surface area contributed by atoms with Crippen LogP contribution in [0.25, 0.3) is 34.1 Å². The molecule has 1 N–H and O–H groups in total.